The third kappa shape index (κ3) is 5.72. The van der Waals surface area contributed by atoms with Gasteiger partial charge >= 0.3 is 0 Å². The summed E-state index contributed by atoms with van der Waals surface area (Å²) in [4.78, 5) is 12.1. The largest absolute Gasteiger partial charge is 0.334 e. The van der Waals surface area contributed by atoms with E-state index in [-0.39, 0.29) is 17.6 Å². The van der Waals surface area contributed by atoms with Crippen molar-refractivity contribution in [3.05, 3.63) is 63.6 Å². The molecule has 0 aliphatic rings. The molecule has 144 valence electrons. The summed E-state index contributed by atoms with van der Waals surface area (Å²) in [7, 11) is 0. The third-order valence-electron chi connectivity index (χ3n) is 3.33. The smallest absolute Gasteiger partial charge is 0.264 e. The number of hydrazone groups is 1. The quantitative estimate of drug-likeness (QED) is 0.206. The van der Waals surface area contributed by atoms with Crippen molar-refractivity contribution >= 4 is 63.1 Å². The summed E-state index contributed by atoms with van der Waals surface area (Å²) in [6.07, 6.45) is 1.58. The van der Waals surface area contributed by atoms with Gasteiger partial charge in [0.05, 0.1) is 12.0 Å². The van der Waals surface area contributed by atoms with Crippen molar-refractivity contribution in [2.75, 3.05) is 22.3 Å². The molecule has 0 bridgehead atoms. The Morgan fingerprint density at radius 1 is 1.29 bits per heavy atom. The maximum Gasteiger partial charge on any atom is 0.264 e. The van der Waals surface area contributed by atoms with Gasteiger partial charge in [-0.2, -0.15) is 5.10 Å². The Bertz CT molecular complexity index is 1010. The minimum Gasteiger partial charge on any atom is -0.334 e. The lowest BCUT2D eigenvalue weighted by molar-refractivity contribution is -0.113. The Morgan fingerprint density at radius 3 is 2.89 bits per heavy atom. The lowest BCUT2D eigenvalue weighted by atomic mass is 10.2. The van der Waals surface area contributed by atoms with Gasteiger partial charge in [0.25, 0.3) is 5.95 Å². The highest BCUT2D eigenvalue weighted by molar-refractivity contribution is 9.10. The second-order valence-electron chi connectivity index (χ2n) is 5.45. The van der Waals surface area contributed by atoms with Crippen LogP contribution in [0.2, 0.25) is 5.02 Å². The number of anilines is 2. The van der Waals surface area contributed by atoms with E-state index < -0.39 is 0 Å². The molecule has 0 saturated heterocycles. The SMILES string of the molecule is Nn1c(N/N=C/c2cccc(Cl)c2)nnc1SCC(=O)Nc1cccc(Br)c1. The van der Waals surface area contributed by atoms with Gasteiger partial charge in [0.15, 0.2) is 0 Å². The number of benzene rings is 2. The number of rotatable bonds is 7. The molecule has 0 unspecified atom stereocenters. The first kappa shape index (κ1) is 20.2. The van der Waals surface area contributed by atoms with Crippen LogP contribution in [0, 0.1) is 0 Å². The van der Waals surface area contributed by atoms with Crippen molar-refractivity contribution in [2.45, 2.75) is 5.16 Å². The first-order chi connectivity index (χ1) is 13.5. The Hall–Kier alpha value is -2.56. The maximum absolute atomic E-state index is 12.1. The van der Waals surface area contributed by atoms with Crippen LogP contribution in [0.15, 0.2) is 63.3 Å². The highest BCUT2D eigenvalue weighted by Crippen LogP contribution is 2.19. The van der Waals surface area contributed by atoms with Crippen molar-refractivity contribution in [1.82, 2.24) is 14.9 Å². The Labute approximate surface area is 178 Å². The zero-order valence-electron chi connectivity index (χ0n) is 14.3. The topological polar surface area (TPSA) is 110 Å². The fraction of sp³-hybridized carbons (Fsp3) is 0.0588. The van der Waals surface area contributed by atoms with Crippen LogP contribution in [0.1, 0.15) is 5.56 Å². The number of halogens is 2. The van der Waals surface area contributed by atoms with Gasteiger partial charge in [-0.25, -0.2) is 10.1 Å². The summed E-state index contributed by atoms with van der Waals surface area (Å²) in [6.45, 7) is 0. The predicted molar refractivity (Wildman–Crippen MR) is 116 cm³/mol. The number of nitrogens with zero attached hydrogens (tertiary/aromatic N) is 4. The summed E-state index contributed by atoms with van der Waals surface area (Å²) >= 11 is 10.4. The van der Waals surface area contributed by atoms with Crippen molar-refractivity contribution in [2.24, 2.45) is 5.10 Å². The van der Waals surface area contributed by atoms with E-state index in [9.17, 15) is 4.79 Å². The standard InChI is InChI=1S/C17H15BrClN7OS/c18-12-4-2-6-14(8-12)22-15(27)10-28-17-25-24-16(26(17)20)23-21-9-11-3-1-5-13(19)7-11/h1-9H,10,20H2,(H,22,27)(H,23,24)/b21-9+. The van der Waals surface area contributed by atoms with Gasteiger partial charge < -0.3 is 11.2 Å². The van der Waals surface area contributed by atoms with E-state index in [4.69, 9.17) is 17.4 Å². The number of nitrogens with two attached hydrogens (primary N) is 1. The van der Waals surface area contributed by atoms with E-state index in [2.05, 4.69) is 42.0 Å². The van der Waals surface area contributed by atoms with Gasteiger partial charge in [0, 0.05) is 15.2 Å². The van der Waals surface area contributed by atoms with E-state index in [1.54, 1.807) is 24.4 Å². The van der Waals surface area contributed by atoms with Crippen molar-refractivity contribution in [3.8, 4) is 0 Å². The first-order valence-corrected chi connectivity index (χ1v) is 10.1. The number of nitrogen functional groups attached to an aromatic ring is 1. The molecule has 0 aliphatic carbocycles. The number of carbonyl (C=O) groups is 1. The fourth-order valence-electron chi connectivity index (χ4n) is 2.10. The molecular formula is C17H15BrClN7OS. The lowest BCUT2D eigenvalue weighted by Crippen LogP contribution is -2.16. The summed E-state index contributed by atoms with van der Waals surface area (Å²) in [5, 5.41) is 15.7. The van der Waals surface area contributed by atoms with Crippen LogP contribution >= 0.6 is 39.3 Å². The molecule has 3 aromatic rings. The Balaban J connectivity index is 1.53. The van der Waals surface area contributed by atoms with Crippen LogP contribution in [-0.4, -0.2) is 32.7 Å². The van der Waals surface area contributed by atoms with Crippen molar-refractivity contribution in [3.63, 3.8) is 0 Å². The van der Waals surface area contributed by atoms with Crippen molar-refractivity contribution in [1.29, 1.82) is 0 Å². The highest BCUT2D eigenvalue weighted by Gasteiger charge is 2.12. The highest BCUT2D eigenvalue weighted by atomic mass is 79.9. The molecule has 0 radical (unpaired) electrons. The van der Waals surface area contributed by atoms with Gasteiger partial charge in [-0.1, -0.05) is 57.5 Å². The molecular weight excluding hydrogens is 466 g/mol. The second kappa shape index (κ2) is 9.58. The van der Waals surface area contributed by atoms with E-state index in [0.29, 0.717) is 15.9 Å². The lowest BCUT2D eigenvalue weighted by Gasteiger charge is -2.05. The molecule has 11 heteroatoms. The van der Waals surface area contributed by atoms with E-state index in [1.165, 1.54) is 4.68 Å². The number of nitrogens with one attached hydrogen (secondary N) is 2. The van der Waals surface area contributed by atoms with E-state index in [0.717, 1.165) is 21.8 Å². The van der Waals surface area contributed by atoms with Crippen LogP contribution in [0.3, 0.4) is 0 Å². The van der Waals surface area contributed by atoms with Crippen LogP contribution in [-0.2, 0) is 4.79 Å². The molecule has 0 saturated carbocycles. The number of hydrogen-bond donors (Lipinski definition) is 3. The third-order valence-corrected chi connectivity index (χ3v) is 5.00. The summed E-state index contributed by atoms with van der Waals surface area (Å²) < 4.78 is 2.11. The summed E-state index contributed by atoms with van der Waals surface area (Å²) in [5.41, 5.74) is 4.23. The van der Waals surface area contributed by atoms with E-state index >= 15 is 0 Å². The van der Waals surface area contributed by atoms with E-state index in [1.807, 2.05) is 30.3 Å². The van der Waals surface area contributed by atoms with Crippen LogP contribution in [0.5, 0.6) is 0 Å². The molecule has 2 aromatic carbocycles. The number of amides is 1. The summed E-state index contributed by atoms with van der Waals surface area (Å²) in [5.74, 6) is 6.14. The van der Waals surface area contributed by atoms with Crippen molar-refractivity contribution < 1.29 is 4.79 Å². The minimum absolute atomic E-state index is 0.133. The van der Waals surface area contributed by atoms with Gasteiger partial charge in [0.2, 0.25) is 11.1 Å². The average Bonchev–Trinajstić information content (AvgIpc) is 3.00. The predicted octanol–water partition coefficient (Wildman–Crippen LogP) is 3.58. The molecule has 3 rings (SSSR count). The maximum atomic E-state index is 12.1. The Morgan fingerprint density at radius 2 is 2.11 bits per heavy atom. The monoisotopic (exact) mass is 479 g/mol. The van der Waals surface area contributed by atoms with Gasteiger partial charge in [-0.05, 0) is 35.9 Å². The fourth-order valence-corrected chi connectivity index (χ4v) is 3.35. The van der Waals surface area contributed by atoms with Crippen LogP contribution < -0.4 is 16.6 Å². The van der Waals surface area contributed by atoms with Gasteiger partial charge in [-0.15, -0.1) is 10.2 Å². The van der Waals surface area contributed by atoms with Crippen LogP contribution in [0.25, 0.3) is 0 Å². The minimum atomic E-state index is -0.181. The Kier molecular flexibility index (Phi) is 6.90. The second-order valence-corrected chi connectivity index (χ2v) is 7.74. The normalized spacial score (nSPS) is 10.9. The number of hydrogen-bond acceptors (Lipinski definition) is 7. The average molecular weight is 481 g/mol. The van der Waals surface area contributed by atoms with Gasteiger partial charge in [0.1, 0.15) is 0 Å². The molecule has 0 fully saturated rings. The molecule has 0 spiro atoms. The molecule has 1 amide bonds. The molecule has 8 nitrogen and oxygen atoms in total. The number of aromatic nitrogens is 3. The molecule has 4 N–H and O–H groups in total. The molecule has 0 atom stereocenters. The van der Waals surface area contributed by atoms with Gasteiger partial charge in [-0.3, -0.25) is 4.79 Å². The first-order valence-electron chi connectivity index (χ1n) is 7.94. The zero-order valence-corrected chi connectivity index (χ0v) is 17.5. The molecule has 1 aromatic heterocycles. The summed E-state index contributed by atoms with van der Waals surface area (Å²) in [6, 6.07) is 14.6. The molecule has 1 heterocycles. The molecule has 0 aliphatic heterocycles. The number of thioether (sulfide) groups is 1. The number of carbonyl (C=O) groups excluding carboxylic acids is 1. The molecule has 28 heavy (non-hydrogen) atoms. The van der Waals surface area contributed by atoms with Crippen LogP contribution in [0.4, 0.5) is 11.6 Å². The zero-order chi connectivity index (χ0) is 19.9.